The van der Waals surface area contributed by atoms with Crippen molar-refractivity contribution in [1.82, 2.24) is 0 Å². The highest BCUT2D eigenvalue weighted by molar-refractivity contribution is 5.91. The van der Waals surface area contributed by atoms with Gasteiger partial charge in [0.25, 0.3) is 5.69 Å². The van der Waals surface area contributed by atoms with Crippen LogP contribution in [0, 0.1) is 24.0 Å². The second-order valence-electron chi connectivity index (χ2n) is 4.57. The van der Waals surface area contributed by atoms with Crippen LogP contribution in [0.25, 0.3) is 0 Å². The van der Waals surface area contributed by atoms with Crippen LogP contribution in [0.5, 0.6) is 11.5 Å². The van der Waals surface area contributed by atoms with Crippen molar-refractivity contribution in [3.05, 3.63) is 63.2 Å². The van der Waals surface area contributed by atoms with E-state index in [9.17, 15) is 20.0 Å². The zero-order valence-electron chi connectivity index (χ0n) is 11.5. The highest BCUT2D eigenvalue weighted by atomic mass is 16.6. The van der Waals surface area contributed by atoms with Crippen LogP contribution in [0.15, 0.2) is 36.4 Å². The molecule has 0 amide bonds. The normalized spacial score (nSPS) is 10.2. The van der Waals surface area contributed by atoms with Crippen LogP contribution in [-0.2, 0) is 0 Å². The molecule has 108 valence electrons. The average Bonchev–Trinajstić information content (AvgIpc) is 2.42. The summed E-state index contributed by atoms with van der Waals surface area (Å²) in [6.45, 7) is 3.45. The van der Waals surface area contributed by atoms with Gasteiger partial charge < -0.3 is 9.84 Å². The molecule has 0 aliphatic carbocycles. The summed E-state index contributed by atoms with van der Waals surface area (Å²) in [5, 5.41) is 20.0. The first-order valence-electron chi connectivity index (χ1n) is 6.16. The molecule has 0 saturated heterocycles. The number of nitro benzene ring substituents is 1. The van der Waals surface area contributed by atoms with Crippen molar-refractivity contribution >= 4 is 11.7 Å². The average molecular weight is 287 g/mol. The summed E-state index contributed by atoms with van der Waals surface area (Å²) in [4.78, 5) is 21.5. The number of rotatable bonds is 4. The Balaban J connectivity index is 2.50. The van der Waals surface area contributed by atoms with E-state index in [1.54, 1.807) is 32.0 Å². The lowest BCUT2D eigenvalue weighted by Gasteiger charge is -2.13. The quantitative estimate of drug-likeness (QED) is 0.684. The predicted molar refractivity (Wildman–Crippen MR) is 76.0 cm³/mol. The number of nitro groups is 1. The number of carboxylic acid groups (broad SMARTS) is 1. The third-order valence-corrected chi connectivity index (χ3v) is 3.04. The van der Waals surface area contributed by atoms with E-state index < -0.39 is 10.9 Å². The number of ether oxygens (including phenoxy) is 1. The summed E-state index contributed by atoms with van der Waals surface area (Å²) in [7, 11) is 0. The molecule has 2 aromatic rings. The van der Waals surface area contributed by atoms with E-state index >= 15 is 0 Å². The fourth-order valence-electron chi connectivity index (χ4n) is 1.88. The smallest absolute Gasteiger partial charge is 0.339 e. The molecule has 0 aliphatic heterocycles. The maximum atomic E-state index is 11.2. The summed E-state index contributed by atoms with van der Waals surface area (Å²) in [6.07, 6.45) is 0. The number of benzene rings is 2. The van der Waals surface area contributed by atoms with Gasteiger partial charge in [0.1, 0.15) is 17.1 Å². The molecule has 2 aromatic carbocycles. The summed E-state index contributed by atoms with van der Waals surface area (Å²) in [6, 6.07) is 8.98. The molecule has 0 aliphatic rings. The molecule has 6 nitrogen and oxygen atoms in total. The standard InChI is InChI=1S/C15H13NO5/c1-9-6-7-11(16(19)20)8-13(9)21-14-10(2)4-3-5-12(14)15(17)18/h3-8H,1-2H3,(H,17,18). The van der Waals surface area contributed by atoms with Crippen molar-refractivity contribution in [2.24, 2.45) is 0 Å². The van der Waals surface area contributed by atoms with E-state index in [1.165, 1.54) is 18.2 Å². The van der Waals surface area contributed by atoms with Gasteiger partial charge in [-0.1, -0.05) is 12.1 Å². The molecular weight excluding hydrogens is 274 g/mol. The molecule has 0 aromatic heterocycles. The number of non-ortho nitro benzene ring substituents is 1. The van der Waals surface area contributed by atoms with Gasteiger partial charge >= 0.3 is 5.97 Å². The monoisotopic (exact) mass is 287 g/mol. The predicted octanol–water partition coefficient (Wildman–Crippen LogP) is 3.70. The van der Waals surface area contributed by atoms with Gasteiger partial charge in [-0.25, -0.2) is 4.79 Å². The molecule has 2 rings (SSSR count). The molecule has 0 radical (unpaired) electrons. The summed E-state index contributed by atoms with van der Waals surface area (Å²) in [5.74, 6) is -0.661. The van der Waals surface area contributed by atoms with E-state index in [4.69, 9.17) is 4.74 Å². The minimum absolute atomic E-state index is 0.0147. The van der Waals surface area contributed by atoms with Crippen LogP contribution in [-0.4, -0.2) is 16.0 Å². The van der Waals surface area contributed by atoms with Crippen molar-refractivity contribution in [3.8, 4) is 11.5 Å². The van der Waals surface area contributed by atoms with Crippen LogP contribution in [0.4, 0.5) is 5.69 Å². The van der Waals surface area contributed by atoms with Gasteiger partial charge in [0, 0.05) is 6.07 Å². The molecule has 0 atom stereocenters. The minimum atomic E-state index is -1.11. The fourth-order valence-corrected chi connectivity index (χ4v) is 1.88. The lowest BCUT2D eigenvalue weighted by atomic mass is 10.1. The van der Waals surface area contributed by atoms with Crippen LogP contribution in [0.2, 0.25) is 0 Å². The molecule has 21 heavy (non-hydrogen) atoms. The number of aromatic carboxylic acids is 1. The van der Waals surface area contributed by atoms with Gasteiger partial charge in [-0.3, -0.25) is 10.1 Å². The Morgan fingerprint density at radius 3 is 2.52 bits per heavy atom. The summed E-state index contributed by atoms with van der Waals surface area (Å²) >= 11 is 0. The topological polar surface area (TPSA) is 89.7 Å². The van der Waals surface area contributed by atoms with Gasteiger partial charge in [-0.05, 0) is 37.1 Å². The third kappa shape index (κ3) is 3.00. The van der Waals surface area contributed by atoms with Crippen molar-refractivity contribution in [2.75, 3.05) is 0 Å². The lowest BCUT2D eigenvalue weighted by Crippen LogP contribution is -2.02. The van der Waals surface area contributed by atoms with E-state index in [2.05, 4.69) is 0 Å². The first kappa shape index (κ1) is 14.5. The molecule has 0 fully saturated rings. The maximum absolute atomic E-state index is 11.2. The second kappa shape index (κ2) is 5.62. The fraction of sp³-hybridized carbons (Fsp3) is 0.133. The van der Waals surface area contributed by atoms with Gasteiger partial charge in [0.05, 0.1) is 11.0 Å². The van der Waals surface area contributed by atoms with E-state index in [-0.39, 0.29) is 22.7 Å². The molecule has 0 bridgehead atoms. The Bertz CT molecular complexity index is 724. The Morgan fingerprint density at radius 1 is 1.19 bits per heavy atom. The van der Waals surface area contributed by atoms with Crippen molar-refractivity contribution in [2.45, 2.75) is 13.8 Å². The SMILES string of the molecule is Cc1ccc([N+](=O)[O-])cc1Oc1c(C)cccc1C(=O)O. The van der Waals surface area contributed by atoms with Crippen LogP contribution in [0.1, 0.15) is 21.5 Å². The Labute approximate surface area is 120 Å². The second-order valence-corrected chi connectivity index (χ2v) is 4.57. The number of carboxylic acids is 1. The van der Waals surface area contributed by atoms with Gasteiger partial charge in [-0.15, -0.1) is 0 Å². The van der Waals surface area contributed by atoms with Gasteiger partial charge in [0.2, 0.25) is 0 Å². The van der Waals surface area contributed by atoms with Crippen molar-refractivity contribution in [1.29, 1.82) is 0 Å². The van der Waals surface area contributed by atoms with Crippen LogP contribution in [0.3, 0.4) is 0 Å². The van der Waals surface area contributed by atoms with Gasteiger partial charge in [-0.2, -0.15) is 0 Å². The lowest BCUT2D eigenvalue weighted by molar-refractivity contribution is -0.384. The van der Waals surface area contributed by atoms with Crippen molar-refractivity contribution in [3.63, 3.8) is 0 Å². The highest BCUT2D eigenvalue weighted by Crippen LogP contribution is 2.33. The zero-order chi connectivity index (χ0) is 15.6. The number of hydrogen-bond acceptors (Lipinski definition) is 4. The third-order valence-electron chi connectivity index (χ3n) is 3.04. The van der Waals surface area contributed by atoms with Gasteiger partial charge in [0.15, 0.2) is 0 Å². The first-order valence-corrected chi connectivity index (χ1v) is 6.16. The summed E-state index contributed by atoms with van der Waals surface area (Å²) in [5.41, 5.74) is 1.22. The molecule has 0 heterocycles. The Hall–Kier alpha value is -2.89. The van der Waals surface area contributed by atoms with E-state index in [1.807, 2.05) is 0 Å². The number of nitrogens with zero attached hydrogens (tertiary/aromatic N) is 1. The Kier molecular flexibility index (Phi) is 3.89. The molecule has 6 heteroatoms. The van der Waals surface area contributed by atoms with Crippen molar-refractivity contribution < 1.29 is 19.6 Å². The summed E-state index contributed by atoms with van der Waals surface area (Å²) < 4.78 is 5.64. The maximum Gasteiger partial charge on any atom is 0.339 e. The van der Waals surface area contributed by atoms with Crippen LogP contribution < -0.4 is 4.74 Å². The first-order chi connectivity index (χ1) is 9.90. The van der Waals surface area contributed by atoms with E-state index in [0.29, 0.717) is 11.1 Å². The van der Waals surface area contributed by atoms with Crippen LogP contribution >= 0.6 is 0 Å². The Morgan fingerprint density at radius 2 is 1.90 bits per heavy atom. The zero-order valence-corrected chi connectivity index (χ0v) is 11.5. The molecule has 0 spiro atoms. The number of hydrogen-bond donors (Lipinski definition) is 1. The molecule has 1 N–H and O–H groups in total. The highest BCUT2D eigenvalue weighted by Gasteiger charge is 2.17. The number of para-hydroxylation sites is 1. The molecule has 0 unspecified atom stereocenters. The molecular formula is C15H13NO5. The molecule has 0 saturated carbocycles. The van der Waals surface area contributed by atoms with E-state index in [0.717, 1.165) is 0 Å². The number of carbonyl (C=O) groups is 1. The minimum Gasteiger partial charge on any atom is -0.478 e. The number of aryl methyl sites for hydroxylation is 2. The largest absolute Gasteiger partial charge is 0.478 e.